The maximum Gasteiger partial charge on any atom is 0.193 e. The lowest BCUT2D eigenvalue weighted by Crippen LogP contribution is -1.89. The first kappa shape index (κ1) is 10.2. The molecule has 17 heavy (non-hydrogen) atoms. The van der Waals surface area contributed by atoms with Gasteiger partial charge in [-0.3, -0.25) is 4.98 Å². The standard InChI is InChI=1S/C11H8N4OS/c16-6-9-2-1-7(4-12-9)8-3-10-11(13-5-8)15-17-14-10/h1-5,16H,6H2. The lowest BCUT2D eigenvalue weighted by molar-refractivity contribution is 0.277. The zero-order chi connectivity index (χ0) is 11.7. The molecule has 3 rings (SSSR count). The summed E-state index contributed by atoms with van der Waals surface area (Å²) in [6, 6.07) is 5.63. The number of aliphatic hydroxyl groups excluding tert-OH is 1. The van der Waals surface area contributed by atoms with Crippen LogP contribution in [0.5, 0.6) is 0 Å². The Morgan fingerprint density at radius 3 is 2.71 bits per heavy atom. The van der Waals surface area contributed by atoms with Crippen molar-refractivity contribution in [3.63, 3.8) is 0 Å². The molecule has 0 radical (unpaired) electrons. The Morgan fingerprint density at radius 1 is 1.06 bits per heavy atom. The first-order chi connectivity index (χ1) is 8.36. The van der Waals surface area contributed by atoms with Gasteiger partial charge in [0.25, 0.3) is 0 Å². The number of pyridine rings is 2. The van der Waals surface area contributed by atoms with E-state index >= 15 is 0 Å². The Kier molecular flexibility index (Phi) is 2.50. The zero-order valence-corrected chi connectivity index (χ0v) is 9.55. The maximum atomic E-state index is 8.92. The normalized spacial score (nSPS) is 10.9. The van der Waals surface area contributed by atoms with Crippen molar-refractivity contribution in [3.8, 4) is 11.1 Å². The van der Waals surface area contributed by atoms with Gasteiger partial charge in [-0.2, -0.15) is 8.75 Å². The van der Waals surface area contributed by atoms with Crippen molar-refractivity contribution in [1.82, 2.24) is 18.7 Å². The molecule has 3 heterocycles. The molecule has 84 valence electrons. The number of aromatic nitrogens is 4. The van der Waals surface area contributed by atoms with Crippen molar-refractivity contribution in [1.29, 1.82) is 0 Å². The van der Waals surface area contributed by atoms with E-state index in [0.29, 0.717) is 11.3 Å². The molecule has 0 aliphatic heterocycles. The van der Waals surface area contributed by atoms with Crippen LogP contribution in [0.15, 0.2) is 30.6 Å². The van der Waals surface area contributed by atoms with Crippen LogP contribution in [0.4, 0.5) is 0 Å². The third-order valence-corrected chi connectivity index (χ3v) is 2.97. The second-order valence-corrected chi connectivity index (χ2v) is 4.06. The highest BCUT2D eigenvalue weighted by Gasteiger charge is 2.04. The number of rotatable bonds is 2. The number of fused-ring (bicyclic) bond motifs is 1. The molecule has 3 aromatic heterocycles. The molecule has 5 nitrogen and oxygen atoms in total. The van der Waals surface area contributed by atoms with Crippen LogP contribution in [0, 0.1) is 0 Å². The average Bonchev–Trinajstić information content (AvgIpc) is 2.86. The zero-order valence-electron chi connectivity index (χ0n) is 8.74. The minimum absolute atomic E-state index is 0.0480. The minimum atomic E-state index is -0.0480. The number of aliphatic hydroxyl groups is 1. The molecule has 0 saturated carbocycles. The fourth-order valence-corrected chi connectivity index (χ4v) is 2.01. The Hall–Kier alpha value is -1.92. The molecular weight excluding hydrogens is 236 g/mol. The summed E-state index contributed by atoms with van der Waals surface area (Å²) < 4.78 is 8.20. The second-order valence-electron chi connectivity index (χ2n) is 3.53. The Labute approximate surface area is 101 Å². The minimum Gasteiger partial charge on any atom is -0.390 e. The third-order valence-electron chi connectivity index (χ3n) is 2.43. The molecule has 0 aliphatic carbocycles. The van der Waals surface area contributed by atoms with Crippen LogP contribution < -0.4 is 0 Å². The fraction of sp³-hybridized carbons (Fsp3) is 0.0909. The lowest BCUT2D eigenvalue weighted by Gasteiger charge is -2.01. The van der Waals surface area contributed by atoms with Gasteiger partial charge >= 0.3 is 0 Å². The fourth-order valence-electron chi connectivity index (χ4n) is 1.53. The van der Waals surface area contributed by atoms with Crippen LogP contribution in [-0.2, 0) is 6.61 Å². The molecule has 6 heteroatoms. The Bertz CT molecular complexity index is 650. The van der Waals surface area contributed by atoms with Gasteiger partial charge < -0.3 is 5.11 Å². The summed E-state index contributed by atoms with van der Waals surface area (Å²) in [5.74, 6) is 0. The van der Waals surface area contributed by atoms with E-state index < -0.39 is 0 Å². The maximum absolute atomic E-state index is 8.92. The molecule has 3 aromatic rings. The van der Waals surface area contributed by atoms with Crippen molar-refractivity contribution in [3.05, 3.63) is 36.3 Å². The Morgan fingerprint density at radius 2 is 1.94 bits per heavy atom. The van der Waals surface area contributed by atoms with Crippen LogP contribution in [0.1, 0.15) is 5.69 Å². The van der Waals surface area contributed by atoms with E-state index in [1.807, 2.05) is 12.1 Å². The van der Waals surface area contributed by atoms with Gasteiger partial charge in [-0.05, 0) is 12.1 Å². The summed E-state index contributed by atoms with van der Waals surface area (Å²) in [5, 5.41) is 8.92. The van der Waals surface area contributed by atoms with Crippen LogP contribution in [0.25, 0.3) is 22.3 Å². The van der Waals surface area contributed by atoms with Gasteiger partial charge in [-0.25, -0.2) is 4.98 Å². The summed E-state index contributed by atoms with van der Waals surface area (Å²) in [6.07, 6.45) is 3.47. The smallest absolute Gasteiger partial charge is 0.193 e. The number of hydrogen-bond acceptors (Lipinski definition) is 6. The average molecular weight is 244 g/mol. The van der Waals surface area contributed by atoms with E-state index in [1.54, 1.807) is 18.5 Å². The first-order valence-electron chi connectivity index (χ1n) is 5.01. The Balaban J connectivity index is 2.06. The second kappa shape index (κ2) is 4.15. The summed E-state index contributed by atoms with van der Waals surface area (Å²) in [5.41, 5.74) is 4.00. The van der Waals surface area contributed by atoms with E-state index in [2.05, 4.69) is 18.7 Å². The van der Waals surface area contributed by atoms with E-state index in [4.69, 9.17) is 5.11 Å². The van der Waals surface area contributed by atoms with Gasteiger partial charge in [0.2, 0.25) is 0 Å². The van der Waals surface area contributed by atoms with Crippen LogP contribution >= 0.6 is 11.7 Å². The summed E-state index contributed by atoms with van der Waals surface area (Å²) in [6.45, 7) is -0.0480. The van der Waals surface area contributed by atoms with Crippen LogP contribution in [0.2, 0.25) is 0 Å². The summed E-state index contributed by atoms with van der Waals surface area (Å²) in [7, 11) is 0. The molecule has 0 aromatic carbocycles. The molecule has 0 aliphatic rings. The quantitative estimate of drug-likeness (QED) is 0.742. The SMILES string of the molecule is OCc1ccc(-c2cnc3nsnc3c2)cn1. The number of hydrogen-bond donors (Lipinski definition) is 1. The number of nitrogens with zero attached hydrogens (tertiary/aromatic N) is 4. The molecule has 0 bridgehead atoms. The van der Waals surface area contributed by atoms with Gasteiger partial charge in [0.15, 0.2) is 5.65 Å². The predicted octanol–water partition coefficient (Wildman–Crippen LogP) is 1.64. The molecule has 0 amide bonds. The highest BCUT2D eigenvalue weighted by Crippen LogP contribution is 2.21. The predicted molar refractivity (Wildman–Crippen MR) is 64.4 cm³/mol. The van der Waals surface area contributed by atoms with Gasteiger partial charge in [-0.15, -0.1) is 0 Å². The van der Waals surface area contributed by atoms with Crippen molar-refractivity contribution in [2.24, 2.45) is 0 Å². The van der Waals surface area contributed by atoms with E-state index in [9.17, 15) is 0 Å². The monoisotopic (exact) mass is 244 g/mol. The molecular formula is C11H8N4OS. The van der Waals surface area contributed by atoms with Crippen molar-refractivity contribution in [2.75, 3.05) is 0 Å². The van der Waals surface area contributed by atoms with Crippen LogP contribution in [-0.4, -0.2) is 23.8 Å². The van der Waals surface area contributed by atoms with Crippen molar-refractivity contribution < 1.29 is 5.11 Å². The molecule has 0 unspecified atom stereocenters. The summed E-state index contributed by atoms with van der Waals surface area (Å²) in [4.78, 5) is 8.35. The molecule has 0 saturated heterocycles. The molecule has 0 spiro atoms. The van der Waals surface area contributed by atoms with E-state index in [0.717, 1.165) is 28.4 Å². The molecule has 1 N–H and O–H groups in total. The van der Waals surface area contributed by atoms with Gasteiger partial charge in [-0.1, -0.05) is 6.07 Å². The lowest BCUT2D eigenvalue weighted by atomic mass is 10.1. The van der Waals surface area contributed by atoms with E-state index in [-0.39, 0.29) is 6.61 Å². The van der Waals surface area contributed by atoms with Crippen molar-refractivity contribution >= 4 is 22.9 Å². The first-order valence-corrected chi connectivity index (χ1v) is 5.74. The molecule has 0 fully saturated rings. The van der Waals surface area contributed by atoms with Gasteiger partial charge in [0, 0.05) is 23.5 Å². The van der Waals surface area contributed by atoms with Crippen molar-refractivity contribution in [2.45, 2.75) is 6.61 Å². The van der Waals surface area contributed by atoms with Gasteiger partial charge in [0.1, 0.15) is 5.52 Å². The summed E-state index contributed by atoms with van der Waals surface area (Å²) >= 11 is 1.15. The van der Waals surface area contributed by atoms with E-state index in [1.165, 1.54) is 0 Å². The largest absolute Gasteiger partial charge is 0.390 e. The third kappa shape index (κ3) is 1.88. The van der Waals surface area contributed by atoms with Crippen LogP contribution in [0.3, 0.4) is 0 Å². The van der Waals surface area contributed by atoms with Gasteiger partial charge in [0.05, 0.1) is 24.0 Å². The topological polar surface area (TPSA) is 71.8 Å². The highest BCUT2D eigenvalue weighted by molar-refractivity contribution is 7.00. The highest BCUT2D eigenvalue weighted by atomic mass is 32.1. The molecule has 0 atom stereocenters.